The lowest BCUT2D eigenvalue weighted by Gasteiger charge is -2.24. The lowest BCUT2D eigenvalue weighted by atomic mass is 10.0. The van der Waals surface area contributed by atoms with Crippen LogP contribution in [-0.4, -0.2) is 41.6 Å². The molecule has 4 nitrogen and oxygen atoms in total. The Morgan fingerprint density at radius 3 is 3.11 bits per heavy atom. The summed E-state index contributed by atoms with van der Waals surface area (Å²) in [5, 5.41) is 13.2. The van der Waals surface area contributed by atoms with Crippen molar-refractivity contribution < 1.29 is 9.90 Å². The van der Waals surface area contributed by atoms with Crippen LogP contribution >= 0.6 is 0 Å². The van der Waals surface area contributed by atoms with Crippen LogP contribution in [0, 0.1) is 12.8 Å². The first kappa shape index (κ1) is 11.5. The zero-order valence-corrected chi connectivity index (χ0v) is 10.5. The predicted molar refractivity (Wildman–Crippen MR) is 68.6 cm³/mol. The van der Waals surface area contributed by atoms with Gasteiger partial charge in [-0.3, -0.25) is 4.79 Å². The monoisotopic (exact) mass is 246 g/mol. The second kappa shape index (κ2) is 4.28. The number of rotatable bonds is 1. The standard InChI is InChI=1S/C14H18N2O2/c1-9-2-3-13(17)11(6-9)14(18)16-5-4-10-7-15-8-12(10)16/h2-3,6,10,12,15,17H,4-5,7-8H2,1H3/t10-,12+/m0/s1. The number of nitrogens with one attached hydrogen (secondary N) is 1. The van der Waals surface area contributed by atoms with Gasteiger partial charge in [0, 0.05) is 25.7 Å². The zero-order chi connectivity index (χ0) is 12.7. The van der Waals surface area contributed by atoms with Crippen LogP contribution in [0.3, 0.4) is 0 Å². The number of aryl methyl sites for hydroxylation is 1. The maximum atomic E-state index is 12.5. The second-order valence-electron chi connectivity index (χ2n) is 5.29. The van der Waals surface area contributed by atoms with Crippen LogP contribution in [0.2, 0.25) is 0 Å². The normalized spacial score (nSPS) is 26.4. The molecule has 3 rings (SSSR count). The third-order valence-electron chi connectivity index (χ3n) is 4.09. The summed E-state index contributed by atoms with van der Waals surface area (Å²) in [6, 6.07) is 5.49. The van der Waals surface area contributed by atoms with Crippen molar-refractivity contribution in [2.45, 2.75) is 19.4 Å². The Kier molecular flexibility index (Phi) is 2.74. The van der Waals surface area contributed by atoms with E-state index in [1.54, 1.807) is 12.1 Å². The highest BCUT2D eigenvalue weighted by Gasteiger charge is 2.40. The molecule has 18 heavy (non-hydrogen) atoms. The average molecular weight is 246 g/mol. The van der Waals surface area contributed by atoms with Gasteiger partial charge >= 0.3 is 0 Å². The van der Waals surface area contributed by atoms with Gasteiger partial charge in [-0.25, -0.2) is 0 Å². The molecule has 0 radical (unpaired) electrons. The summed E-state index contributed by atoms with van der Waals surface area (Å²) in [4.78, 5) is 14.4. The molecule has 2 aliphatic rings. The van der Waals surface area contributed by atoms with E-state index in [1.807, 2.05) is 17.9 Å². The Morgan fingerprint density at radius 1 is 1.44 bits per heavy atom. The fourth-order valence-electron chi connectivity index (χ4n) is 3.08. The predicted octanol–water partition coefficient (Wildman–Crippen LogP) is 1.13. The van der Waals surface area contributed by atoms with Crippen LogP contribution in [0.25, 0.3) is 0 Å². The molecule has 2 atom stereocenters. The molecule has 4 heteroatoms. The Morgan fingerprint density at radius 2 is 2.28 bits per heavy atom. The Labute approximate surface area is 107 Å². The molecule has 0 saturated carbocycles. The third kappa shape index (κ3) is 1.77. The van der Waals surface area contributed by atoms with Gasteiger partial charge in [0.25, 0.3) is 5.91 Å². The van der Waals surface area contributed by atoms with Crippen molar-refractivity contribution in [3.05, 3.63) is 29.3 Å². The van der Waals surface area contributed by atoms with Gasteiger partial charge in [0.15, 0.2) is 0 Å². The van der Waals surface area contributed by atoms with Crippen LogP contribution < -0.4 is 5.32 Å². The Hall–Kier alpha value is -1.55. The van der Waals surface area contributed by atoms with Gasteiger partial charge in [0.2, 0.25) is 0 Å². The SMILES string of the molecule is Cc1ccc(O)c(C(=O)N2CC[C@H]3CNC[C@H]32)c1. The van der Waals surface area contributed by atoms with Crippen LogP contribution in [0.5, 0.6) is 5.75 Å². The highest BCUT2D eigenvalue weighted by Crippen LogP contribution is 2.30. The van der Waals surface area contributed by atoms with Crippen molar-refractivity contribution in [1.29, 1.82) is 0 Å². The quantitative estimate of drug-likeness (QED) is 0.781. The van der Waals surface area contributed by atoms with Gasteiger partial charge in [-0.15, -0.1) is 0 Å². The topological polar surface area (TPSA) is 52.6 Å². The van der Waals surface area contributed by atoms with Crippen LogP contribution in [0.4, 0.5) is 0 Å². The van der Waals surface area contributed by atoms with E-state index in [4.69, 9.17) is 0 Å². The Bertz CT molecular complexity index is 487. The largest absolute Gasteiger partial charge is 0.507 e. The van der Waals surface area contributed by atoms with Crippen LogP contribution in [0.1, 0.15) is 22.3 Å². The number of likely N-dealkylation sites (tertiary alicyclic amines) is 1. The number of amides is 1. The highest BCUT2D eigenvalue weighted by atomic mass is 16.3. The van der Waals surface area contributed by atoms with Crippen molar-refractivity contribution in [1.82, 2.24) is 10.2 Å². The summed E-state index contributed by atoms with van der Waals surface area (Å²) in [7, 11) is 0. The number of hydrogen-bond acceptors (Lipinski definition) is 3. The molecule has 1 aromatic carbocycles. The molecule has 1 aromatic rings. The van der Waals surface area contributed by atoms with E-state index in [0.717, 1.165) is 31.6 Å². The number of phenolic OH excluding ortho intramolecular Hbond substituents is 1. The van der Waals surface area contributed by atoms with Gasteiger partial charge in [-0.2, -0.15) is 0 Å². The number of phenols is 1. The van der Waals surface area contributed by atoms with Gasteiger partial charge in [-0.1, -0.05) is 11.6 Å². The van der Waals surface area contributed by atoms with Gasteiger partial charge in [-0.05, 0) is 31.4 Å². The Balaban J connectivity index is 1.88. The average Bonchev–Trinajstić information content (AvgIpc) is 2.93. The van der Waals surface area contributed by atoms with Crippen molar-refractivity contribution in [2.24, 2.45) is 5.92 Å². The smallest absolute Gasteiger partial charge is 0.257 e. The van der Waals surface area contributed by atoms with Crippen molar-refractivity contribution in [2.75, 3.05) is 19.6 Å². The van der Waals surface area contributed by atoms with E-state index in [2.05, 4.69) is 5.32 Å². The van der Waals surface area contributed by atoms with E-state index in [0.29, 0.717) is 17.5 Å². The minimum Gasteiger partial charge on any atom is -0.507 e. The second-order valence-corrected chi connectivity index (χ2v) is 5.29. The fraction of sp³-hybridized carbons (Fsp3) is 0.500. The first-order valence-corrected chi connectivity index (χ1v) is 6.48. The molecule has 2 aliphatic heterocycles. The van der Waals surface area contributed by atoms with Crippen LogP contribution in [0.15, 0.2) is 18.2 Å². The molecular formula is C14H18N2O2. The lowest BCUT2D eigenvalue weighted by molar-refractivity contribution is 0.0734. The highest BCUT2D eigenvalue weighted by molar-refractivity contribution is 5.97. The van der Waals surface area contributed by atoms with E-state index in [1.165, 1.54) is 0 Å². The molecule has 0 spiro atoms. The zero-order valence-electron chi connectivity index (χ0n) is 10.5. The number of benzene rings is 1. The molecule has 2 saturated heterocycles. The van der Waals surface area contributed by atoms with Crippen molar-refractivity contribution in [3.8, 4) is 5.75 Å². The number of carbonyl (C=O) groups is 1. The van der Waals surface area contributed by atoms with E-state index >= 15 is 0 Å². The molecular weight excluding hydrogens is 228 g/mol. The molecule has 0 aliphatic carbocycles. The minimum absolute atomic E-state index is 0.0348. The van der Waals surface area contributed by atoms with Crippen LogP contribution in [-0.2, 0) is 0 Å². The first-order valence-electron chi connectivity index (χ1n) is 6.48. The molecule has 2 N–H and O–H groups in total. The molecule has 96 valence electrons. The van der Waals surface area contributed by atoms with E-state index in [-0.39, 0.29) is 11.7 Å². The first-order chi connectivity index (χ1) is 8.66. The molecule has 0 unspecified atom stereocenters. The molecule has 0 bridgehead atoms. The number of nitrogens with zero attached hydrogens (tertiary/aromatic N) is 1. The van der Waals surface area contributed by atoms with Crippen molar-refractivity contribution >= 4 is 5.91 Å². The summed E-state index contributed by atoms with van der Waals surface area (Å²) in [5.74, 6) is 0.633. The third-order valence-corrected chi connectivity index (χ3v) is 4.09. The molecule has 2 heterocycles. The molecule has 2 fully saturated rings. The maximum absolute atomic E-state index is 12.5. The van der Waals surface area contributed by atoms with E-state index < -0.39 is 0 Å². The number of carbonyl (C=O) groups excluding carboxylic acids is 1. The number of hydrogen-bond donors (Lipinski definition) is 2. The molecule has 1 amide bonds. The maximum Gasteiger partial charge on any atom is 0.257 e. The van der Waals surface area contributed by atoms with Gasteiger partial charge in [0.05, 0.1) is 5.56 Å². The van der Waals surface area contributed by atoms with Gasteiger partial charge in [0.1, 0.15) is 5.75 Å². The summed E-state index contributed by atoms with van der Waals surface area (Å²) in [6.45, 7) is 4.63. The summed E-state index contributed by atoms with van der Waals surface area (Å²) >= 11 is 0. The summed E-state index contributed by atoms with van der Waals surface area (Å²) < 4.78 is 0. The fourth-order valence-corrected chi connectivity index (χ4v) is 3.08. The van der Waals surface area contributed by atoms with Crippen molar-refractivity contribution in [3.63, 3.8) is 0 Å². The minimum atomic E-state index is -0.0348. The van der Waals surface area contributed by atoms with Gasteiger partial charge < -0.3 is 15.3 Å². The lowest BCUT2D eigenvalue weighted by Crippen LogP contribution is -2.39. The summed E-state index contributed by atoms with van der Waals surface area (Å²) in [5.41, 5.74) is 1.43. The number of fused-ring (bicyclic) bond motifs is 1. The number of aromatic hydroxyl groups is 1. The molecule has 0 aromatic heterocycles. The van der Waals surface area contributed by atoms with E-state index in [9.17, 15) is 9.90 Å². The summed E-state index contributed by atoms with van der Waals surface area (Å²) in [6.07, 6.45) is 1.07.